The van der Waals surface area contributed by atoms with Gasteiger partial charge in [-0.3, -0.25) is 0 Å². The fourth-order valence-corrected chi connectivity index (χ4v) is 1.06. The lowest BCUT2D eigenvalue weighted by molar-refractivity contribution is 0.192. The first-order chi connectivity index (χ1) is 5.77. The highest BCUT2D eigenvalue weighted by atomic mass is 16.5. The van der Waals surface area contributed by atoms with Gasteiger partial charge in [0.2, 0.25) is 0 Å². The summed E-state index contributed by atoms with van der Waals surface area (Å²) in [6.45, 7) is 7.67. The van der Waals surface area contributed by atoms with Crippen molar-refractivity contribution in [3.05, 3.63) is 0 Å². The van der Waals surface area contributed by atoms with Gasteiger partial charge in [-0.25, -0.2) is 0 Å². The van der Waals surface area contributed by atoms with Gasteiger partial charge in [0.05, 0.1) is 0 Å². The molecule has 0 atom stereocenters. The fourth-order valence-electron chi connectivity index (χ4n) is 1.06. The molecule has 0 aromatic heterocycles. The van der Waals surface area contributed by atoms with Crippen molar-refractivity contribution >= 4 is 0 Å². The largest absolute Gasteiger partial charge is 0.385 e. The Hall–Kier alpha value is -0.0800. The lowest BCUT2D eigenvalue weighted by Gasteiger charge is -2.06. The van der Waals surface area contributed by atoms with Crippen LogP contribution in [0.1, 0.15) is 33.1 Å². The van der Waals surface area contributed by atoms with Crippen LogP contribution in [0.5, 0.6) is 0 Å². The van der Waals surface area contributed by atoms with Gasteiger partial charge in [0, 0.05) is 13.7 Å². The van der Waals surface area contributed by atoms with Crippen molar-refractivity contribution < 1.29 is 4.74 Å². The minimum atomic E-state index is 0.768. The van der Waals surface area contributed by atoms with E-state index in [2.05, 4.69) is 19.2 Å². The van der Waals surface area contributed by atoms with Gasteiger partial charge in [-0.1, -0.05) is 13.8 Å². The maximum atomic E-state index is 4.97. The molecule has 0 rings (SSSR count). The van der Waals surface area contributed by atoms with Gasteiger partial charge >= 0.3 is 0 Å². The van der Waals surface area contributed by atoms with Gasteiger partial charge in [-0.2, -0.15) is 0 Å². The van der Waals surface area contributed by atoms with Gasteiger partial charge in [0.25, 0.3) is 0 Å². The Morgan fingerprint density at radius 3 is 2.50 bits per heavy atom. The molecule has 12 heavy (non-hydrogen) atoms. The van der Waals surface area contributed by atoms with Crippen molar-refractivity contribution in [2.24, 2.45) is 5.92 Å². The molecule has 74 valence electrons. The van der Waals surface area contributed by atoms with Crippen LogP contribution in [0.25, 0.3) is 0 Å². The molecule has 0 radical (unpaired) electrons. The van der Waals surface area contributed by atoms with Crippen LogP contribution in [-0.4, -0.2) is 26.8 Å². The molecule has 0 aliphatic rings. The third kappa shape index (κ3) is 9.92. The highest BCUT2D eigenvalue weighted by molar-refractivity contribution is 4.51. The van der Waals surface area contributed by atoms with Crippen molar-refractivity contribution in [3.8, 4) is 0 Å². The molecule has 0 fully saturated rings. The molecule has 0 bridgehead atoms. The minimum Gasteiger partial charge on any atom is -0.385 e. The van der Waals surface area contributed by atoms with E-state index < -0.39 is 0 Å². The minimum absolute atomic E-state index is 0.768. The summed E-state index contributed by atoms with van der Waals surface area (Å²) < 4.78 is 4.97. The van der Waals surface area contributed by atoms with Crippen LogP contribution in [0.2, 0.25) is 0 Å². The van der Waals surface area contributed by atoms with Gasteiger partial charge in [0.1, 0.15) is 0 Å². The lowest BCUT2D eigenvalue weighted by atomic mass is 10.2. The molecule has 0 saturated heterocycles. The number of methoxy groups -OCH3 is 1. The predicted octanol–water partition coefficient (Wildman–Crippen LogP) is 2.05. The van der Waals surface area contributed by atoms with E-state index in [1.165, 1.54) is 19.3 Å². The standard InChI is InChI=1S/C10H23NO/c1-10(2)9-11-7-5-4-6-8-12-3/h10-11H,4-9H2,1-3H3. The lowest BCUT2D eigenvalue weighted by Crippen LogP contribution is -2.20. The number of hydrogen-bond acceptors (Lipinski definition) is 2. The van der Waals surface area contributed by atoms with Crippen LogP contribution < -0.4 is 5.32 Å². The average Bonchev–Trinajstić information content (AvgIpc) is 2.02. The Balaban J connectivity index is 2.82. The Labute approximate surface area is 76.7 Å². The maximum absolute atomic E-state index is 4.97. The van der Waals surface area contributed by atoms with E-state index in [1.54, 1.807) is 7.11 Å². The quantitative estimate of drug-likeness (QED) is 0.567. The Morgan fingerprint density at radius 2 is 1.92 bits per heavy atom. The van der Waals surface area contributed by atoms with Crippen molar-refractivity contribution in [3.63, 3.8) is 0 Å². The molecular formula is C10H23NO. The molecule has 0 aromatic rings. The normalized spacial score (nSPS) is 11.0. The molecule has 2 heteroatoms. The van der Waals surface area contributed by atoms with E-state index in [0.717, 1.165) is 25.6 Å². The topological polar surface area (TPSA) is 21.3 Å². The van der Waals surface area contributed by atoms with Crippen LogP contribution in [0.15, 0.2) is 0 Å². The number of hydrogen-bond donors (Lipinski definition) is 1. The van der Waals surface area contributed by atoms with Crippen LogP contribution in [0.4, 0.5) is 0 Å². The second-order valence-electron chi connectivity index (χ2n) is 3.65. The predicted molar refractivity (Wildman–Crippen MR) is 53.4 cm³/mol. The average molecular weight is 173 g/mol. The molecule has 0 unspecified atom stereocenters. The van der Waals surface area contributed by atoms with Gasteiger partial charge in [0.15, 0.2) is 0 Å². The van der Waals surface area contributed by atoms with Gasteiger partial charge in [-0.15, -0.1) is 0 Å². The highest BCUT2D eigenvalue weighted by Gasteiger charge is 1.92. The third-order valence-electron chi connectivity index (χ3n) is 1.75. The van der Waals surface area contributed by atoms with Gasteiger partial charge < -0.3 is 10.1 Å². The zero-order valence-electron chi connectivity index (χ0n) is 8.73. The Morgan fingerprint density at radius 1 is 1.17 bits per heavy atom. The second kappa shape index (κ2) is 9.01. The van der Waals surface area contributed by atoms with E-state index in [0.29, 0.717) is 0 Å². The summed E-state index contributed by atoms with van der Waals surface area (Å²) in [5.41, 5.74) is 0. The molecular weight excluding hydrogens is 150 g/mol. The first kappa shape index (κ1) is 11.9. The molecule has 0 spiro atoms. The molecule has 2 nitrogen and oxygen atoms in total. The molecule has 1 N–H and O–H groups in total. The molecule has 0 aliphatic carbocycles. The van der Waals surface area contributed by atoms with Crippen LogP contribution in [0, 0.1) is 5.92 Å². The summed E-state index contributed by atoms with van der Waals surface area (Å²) in [7, 11) is 1.76. The number of unbranched alkanes of at least 4 members (excludes halogenated alkanes) is 2. The SMILES string of the molecule is COCCCCCNCC(C)C. The van der Waals surface area contributed by atoms with E-state index in [4.69, 9.17) is 4.74 Å². The molecule has 0 aliphatic heterocycles. The summed E-state index contributed by atoms with van der Waals surface area (Å²) in [6.07, 6.45) is 3.74. The first-order valence-electron chi connectivity index (χ1n) is 4.97. The van der Waals surface area contributed by atoms with E-state index in [9.17, 15) is 0 Å². The van der Waals surface area contributed by atoms with Crippen molar-refractivity contribution in [1.82, 2.24) is 5.32 Å². The highest BCUT2D eigenvalue weighted by Crippen LogP contribution is 1.94. The first-order valence-corrected chi connectivity index (χ1v) is 4.97. The van der Waals surface area contributed by atoms with E-state index in [1.807, 2.05) is 0 Å². The number of ether oxygens (including phenoxy) is 1. The van der Waals surface area contributed by atoms with Crippen molar-refractivity contribution in [2.45, 2.75) is 33.1 Å². The summed E-state index contributed by atoms with van der Waals surface area (Å²) in [4.78, 5) is 0. The third-order valence-corrected chi connectivity index (χ3v) is 1.75. The Bertz CT molecular complexity index is 83.9. The molecule has 0 saturated carbocycles. The smallest absolute Gasteiger partial charge is 0.0462 e. The van der Waals surface area contributed by atoms with Crippen molar-refractivity contribution in [2.75, 3.05) is 26.8 Å². The van der Waals surface area contributed by atoms with E-state index in [-0.39, 0.29) is 0 Å². The number of nitrogens with one attached hydrogen (secondary N) is 1. The second-order valence-corrected chi connectivity index (χ2v) is 3.65. The van der Waals surface area contributed by atoms with Crippen LogP contribution in [0.3, 0.4) is 0 Å². The monoisotopic (exact) mass is 173 g/mol. The molecule has 0 amide bonds. The van der Waals surface area contributed by atoms with Crippen LogP contribution in [-0.2, 0) is 4.74 Å². The van der Waals surface area contributed by atoms with E-state index >= 15 is 0 Å². The molecule has 0 heterocycles. The summed E-state index contributed by atoms with van der Waals surface area (Å²) in [5.74, 6) is 0.768. The zero-order chi connectivity index (χ0) is 9.23. The summed E-state index contributed by atoms with van der Waals surface area (Å²) >= 11 is 0. The Kier molecular flexibility index (Phi) is 8.95. The fraction of sp³-hybridized carbons (Fsp3) is 1.00. The summed E-state index contributed by atoms with van der Waals surface area (Å²) in [5, 5.41) is 3.42. The summed E-state index contributed by atoms with van der Waals surface area (Å²) in [6, 6.07) is 0. The van der Waals surface area contributed by atoms with Gasteiger partial charge in [-0.05, 0) is 38.3 Å². The van der Waals surface area contributed by atoms with Crippen LogP contribution >= 0.6 is 0 Å². The maximum Gasteiger partial charge on any atom is 0.0462 e. The zero-order valence-corrected chi connectivity index (χ0v) is 8.73. The number of rotatable bonds is 8. The molecule has 0 aromatic carbocycles. The van der Waals surface area contributed by atoms with Crippen molar-refractivity contribution in [1.29, 1.82) is 0 Å².